The van der Waals surface area contributed by atoms with Crippen LogP contribution in [0.4, 0.5) is 0 Å². The zero-order valence-corrected chi connectivity index (χ0v) is 13.4. The van der Waals surface area contributed by atoms with Crippen molar-refractivity contribution in [3.05, 3.63) is 41.1 Å². The predicted octanol–water partition coefficient (Wildman–Crippen LogP) is 4.12. The summed E-state index contributed by atoms with van der Waals surface area (Å²) >= 11 is 0. The number of carbonyl (C=O) groups excluding carboxylic acids is 1. The van der Waals surface area contributed by atoms with Gasteiger partial charge in [-0.3, -0.25) is 9.79 Å². The van der Waals surface area contributed by atoms with Crippen LogP contribution in [0, 0.1) is 6.92 Å². The van der Waals surface area contributed by atoms with E-state index in [-0.39, 0.29) is 5.91 Å². The van der Waals surface area contributed by atoms with Gasteiger partial charge in [0.2, 0.25) is 0 Å². The van der Waals surface area contributed by atoms with Crippen molar-refractivity contribution in [2.75, 3.05) is 0 Å². The molecule has 0 saturated heterocycles. The predicted molar refractivity (Wildman–Crippen MR) is 88.7 cm³/mol. The van der Waals surface area contributed by atoms with E-state index in [1.165, 1.54) is 0 Å². The molecule has 0 radical (unpaired) electrons. The van der Waals surface area contributed by atoms with Crippen molar-refractivity contribution in [1.82, 2.24) is 5.32 Å². The second-order valence-corrected chi connectivity index (χ2v) is 5.81. The minimum absolute atomic E-state index is 0.0445. The lowest BCUT2D eigenvalue weighted by molar-refractivity contribution is 0.0950. The van der Waals surface area contributed by atoms with Crippen LogP contribution in [-0.2, 0) is 0 Å². The number of carbonyl (C=O) groups is 1. The van der Waals surface area contributed by atoms with Gasteiger partial charge in [0.1, 0.15) is 0 Å². The number of amides is 1. The number of nitrogens with zero attached hydrogens (tertiary/aromatic N) is 1. The first-order valence-electron chi connectivity index (χ1n) is 7.63. The van der Waals surface area contributed by atoms with Crippen LogP contribution in [0.5, 0.6) is 0 Å². The number of hydrogen-bond acceptors (Lipinski definition) is 2. The molecule has 0 unspecified atom stereocenters. The average Bonchev–Trinajstić information content (AvgIpc) is 3.27. The van der Waals surface area contributed by atoms with E-state index in [9.17, 15) is 4.79 Å². The Balaban J connectivity index is 2.16. The molecule has 0 bridgehead atoms. The second-order valence-electron chi connectivity index (χ2n) is 5.81. The Morgan fingerprint density at radius 3 is 2.67 bits per heavy atom. The maximum absolute atomic E-state index is 12.1. The van der Waals surface area contributed by atoms with Crippen LogP contribution >= 0.6 is 0 Å². The van der Waals surface area contributed by atoms with E-state index in [2.05, 4.69) is 23.3 Å². The van der Waals surface area contributed by atoms with Crippen LogP contribution in [-0.4, -0.2) is 17.7 Å². The summed E-state index contributed by atoms with van der Waals surface area (Å²) in [5, 5.41) is 3.03. The summed E-state index contributed by atoms with van der Waals surface area (Å²) in [4.78, 5) is 16.5. The van der Waals surface area contributed by atoms with Crippen LogP contribution < -0.4 is 5.32 Å². The summed E-state index contributed by atoms with van der Waals surface area (Å²) < 4.78 is 0. The van der Waals surface area contributed by atoms with Gasteiger partial charge in [0.25, 0.3) is 5.91 Å². The summed E-state index contributed by atoms with van der Waals surface area (Å²) in [6, 6.07) is 6.36. The van der Waals surface area contributed by atoms with Gasteiger partial charge in [0.15, 0.2) is 0 Å². The van der Waals surface area contributed by atoms with E-state index in [1.807, 2.05) is 39.1 Å². The molecule has 0 spiro atoms. The van der Waals surface area contributed by atoms with Gasteiger partial charge in [-0.2, -0.15) is 0 Å². The number of rotatable bonds is 5. The molecule has 3 nitrogen and oxygen atoms in total. The topological polar surface area (TPSA) is 41.5 Å². The van der Waals surface area contributed by atoms with E-state index in [0.717, 1.165) is 47.2 Å². The number of aryl methyl sites for hydroxylation is 1. The lowest BCUT2D eigenvalue weighted by Gasteiger charge is -2.09. The third-order valence-electron chi connectivity index (χ3n) is 3.83. The van der Waals surface area contributed by atoms with Crippen LogP contribution in [0.25, 0.3) is 5.57 Å². The molecule has 21 heavy (non-hydrogen) atoms. The second kappa shape index (κ2) is 6.70. The summed E-state index contributed by atoms with van der Waals surface area (Å²) in [6.07, 6.45) is 5.08. The molecule has 1 aromatic carbocycles. The van der Waals surface area contributed by atoms with Crippen molar-refractivity contribution in [1.29, 1.82) is 0 Å². The summed E-state index contributed by atoms with van der Waals surface area (Å²) in [5.74, 6) is 0.0445. The van der Waals surface area contributed by atoms with Gasteiger partial charge in [0.05, 0.1) is 0 Å². The van der Waals surface area contributed by atoms with Crippen molar-refractivity contribution in [2.24, 2.45) is 4.99 Å². The van der Waals surface area contributed by atoms with Crippen molar-refractivity contribution >= 4 is 17.2 Å². The number of benzene rings is 1. The Morgan fingerprint density at radius 2 is 2.10 bits per heavy atom. The molecule has 0 aliphatic heterocycles. The number of aliphatic imine (C=N–C) groups is 1. The van der Waals surface area contributed by atoms with Crippen molar-refractivity contribution in [3.8, 4) is 0 Å². The maximum Gasteiger partial charge on any atom is 0.251 e. The fraction of sp³-hybridized carbons (Fsp3) is 0.444. The monoisotopic (exact) mass is 284 g/mol. The van der Waals surface area contributed by atoms with Crippen LogP contribution in [0.1, 0.15) is 61.5 Å². The fourth-order valence-electron chi connectivity index (χ4n) is 2.03. The largest absolute Gasteiger partial charge is 0.349 e. The van der Waals surface area contributed by atoms with E-state index >= 15 is 0 Å². The molecule has 3 heteroatoms. The zero-order valence-electron chi connectivity index (χ0n) is 13.4. The molecular weight excluding hydrogens is 260 g/mol. The number of hydrogen-bond donors (Lipinski definition) is 1. The molecular formula is C18H24N2O. The summed E-state index contributed by atoms with van der Waals surface area (Å²) in [7, 11) is 0. The van der Waals surface area contributed by atoms with E-state index < -0.39 is 0 Å². The minimum atomic E-state index is 0.0445. The highest BCUT2D eigenvalue weighted by Crippen LogP contribution is 2.22. The SMILES string of the molecule is CCC(C)=NC=C(C)c1ccc(C(=O)NC2CC2)c(C)c1. The zero-order chi connectivity index (χ0) is 15.4. The third kappa shape index (κ3) is 4.28. The first kappa shape index (κ1) is 15.5. The molecule has 0 heterocycles. The van der Waals surface area contributed by atoms with Crippen LogP contribution in [0.3, 0.4) is 0 Å². The highest BCUT2D eigenvalue weighted by Gasteiger charge is 2.24. The smallest absolute Gasteiger partial charge is 0.251 e. The molecule has 0 atom stereocenters. The van der Waals surface area contributed by atoms with E-state index in [0.29, 0.717) is 6.04 Å². The molecule has 1 N–H and O–H groups in total. The quantitative estimate of drug-likeness (QED) is 0.812. The van der Waals surface area contributed by atoms with Gasteiger partial charge in [-0.05, 0) is 62.8 Å². The molecule has 1 aliphatic rings. The molecule has 112 valence electrons. The lowest BCUT2D eigenvalue weighted by atomic mass is 10.0. The summed E-state index contributed by atoms with van der Waals surface area (Å²) in [5.41, 5.74) is 5.12. The standard InChI is InChI=1S/C18H24N2O/c1-5-14(4)19-11-13(3)15-6-9-17(12(2)10-15)18(21)20-16-7-8-16/h6,9-11,16H,5,7-8H2,1-4H3,(H,20,21). The van der Waals surface area contributed by atoms with E-state index in [1.54, 1.807) is 0 Å². The lowest BCUT2D eigenvalue weighted by Crippen LogP contribution is -2.26. The molecule has 2 rings (SSSR count). The van der Waals surface area contributed by atoms with Gasteiger partial charge in [-0.25, -0.2) is 0 Å². The maximum atomic E-state index is 12.1. The fourth-order valence-corrected chi connectivity index (χ4v) is 2.03. The molecule has 1 aromatic rings. The molecule has 1 amide bonds. The van der Waals surface area contributed by atoms with Crippen molar-refractivity contribution < 1.29 is 4.79 Å². The highest BCUT2D eigenvalue weighted by molar-refractivity contribution is 5.96. The normalized spacial score (nSPS) is 16.0. The minimum Gasteiger partial charge on any atom is -0.349 e. The Labute approximate surface area is 127 Å². The molecule has 0 aromatic heterocycles. The van der Waals surface area contributed by atoms with Crippen LogP contribution in [0.2, 0.25) is 0 Å². The Kier molecular flexibility index (Phi) is 4.94. The summed E-state index contributed by atoms with van der Waals surface area (Å²) in [6.45, 7) is 8.16. The third-order valence-corrected chi connectivity index (χ3v) is 3.83. The van der Waals surface area contributed by atoms with Crippen molar-refractivity contribution in [3.63, 3.8) is 0 Å². The number of allylic oxidation sites excluding steroid dienone is 1. The average molecular weight is 284 g/mol. The van der Waals surface area contributed by atoms with Gasteiger partial charge in [-0.1, -0.05) is 19.1 Å². The highest BCUT2D eigenvalue weighted by atomic mass is 16.1. The Bertz CT molecular complexity index is 595. The van der Waals surface area contributed by atoms with Crippen LogP contribution in [0.15, 0.2) is 29.4 Å². The van der Waals surface area contributed by atoms with Crippen molar-refractivity contribution in [2.45, 2.75) is 53.0 Å². The van der Waals surface area contributed by atoms with Gasteiger partial charge in [0, 0.05) is 23.5 Å². The Morgan fingerprint density at radius 1 is 1.38 bits per heavy atom. The number of nitrogens with one attached hydrogen (secondary N) is 1. The first-order chi connectivity index (χ1) is 10.0. The van der Waals surface area contributed by atoms with Gasteiger partial charge >= 0.3 is 0 Å². The molecule has 1 aliphatic carbocycles. The Hall–Kier alpha value is -1.90. The molecule has 1 saturated carbocycles. The van der Waals surface area contributed by atoms with Gasteiger partial charge in [-0.15, -0.1) is 0 Å². The molecule has 1 fully saturated rings. The van der Waals surface area contributed by atoms with E-state index in [4.69, 9.17) is 0 Å². The first-order valence-corrected chi connectivity index (χ1v) is 7.63. The van der Waals surface area contributed by atoms with Gasteiger partial charge < -0.3 is 5.32 Å².